The highest BCUT2D eigenvalue weighted by atomic mass is 32.2. The van der Waals surface area contributed by atoms with Gasteiger partial charge < -0.3 is 4.74 Å². The number of unbranched alkanes of at least 4 members (excludes halogenated alkanes) is 2. The number of hydrogen-bond donors (Lipinski definition) is 1. The van der Waals surface area contributed by atoms with E-state index in [1.807, 2.05) is 36.4 Å². The number of benzene rings is 1. The van der Waals surface area contributed by atoms with Gasteiger partial charge in [0, 0.05) is 11.3 Å². The number of nitriles is 2. The minimum Gasteiger partial charge on any atom is -0.457 e. The van der Waals surface area contributed by atoms with E-state index in [1.54, 1.807) is 24.3 Å². The molecule has 238 valence electrons. The summed E-state index contributed by atoms with van der Waals surface area (Å²) in [6.45, 7) is 6.39. The van der Waals surface area contributed by atoms with Crippen molar-refractivity contribution in [2.45, 2.75) is 83.5 Å². The molecule has 0 radical (unpaired) electrons. The molecule has 1 unspecified atom stereocenters. The summed E-state index contributed by atoms with van der Waals surface area (Å²) in [6, 6.07) is 20.2. The molecule has 0 aliphatic heterocycles. The first-order valence-electron chi connectivity index (χ1n) is 16.2. The fourth-order valence-electron chi connectivity index (χ4n) is 5.42. The molecule has 4 rings (SSSR count). The minimum absolute atomic E-state index is 0.129. The lowest BCUT2D eigenvalue weighted by molar-refractivity contribution is 0.481. The monoisotopic (exact) mass is 633 g/mol. The van der Waals surface area contributed by atoms with Crippen molar-refractivity contribution in [3.63, 3.8) is 0 Å². The summed E-state index contributed by atoms with van der Waals surface area (Å²) >= 11 is 0. The van der Waals surface area contributed by atoms with Crippen LogP contribution in [-0.4, -0.2) is 8.42 Å². The van der Waals surface area contributed by atoms with Crippen molar-refractivity contribution in [2.75, 3.05) is 0 Å². The molecule has 0 amide bonds. The van der Waals surface area contributed by atoms with Crippen LogP contribution in [0.5, 0.6) is 11.5 Å². The Morgan fingerprint density at radius 1 is 0.935 bits per heavy atom. The summed E-state index contributed by atoms with van der Waals surface area (Å²) in [6.07, 6.45) is 18.4. The van der Waals surface area contributed by atoms with Gasteiger partial charge in [-0.05, 0) is 111 Å². The van der Waals surface area contributed by atoms with Crippen LogP contribution in [0.4, 0.5) is 0 Å². The van der Waals surface area contributed by atoms with E-state index in [-0.39, 0.29) is 4.90 Å². The number of hydrogen-bond acceptors (Lipinski definition) is 5. The molecule has 0 aromatic heterocycles. The number of rotatable bonds is 12. The number of aryl methyl sites for hydroxylation is 1. The standard InChI is InChI=1S/C39H43N3O3S/c1-4-6-10-30-12-8-14-32(24-30)38-26-36(25-31(11-7-5-2)13-9-15-33(27-40)39(38)28-41)45-35-20-22-37(23-21-35)46(43,44)42-34-18-16-29(3)17-19-34/h9,12-13,15-16,18-26,29,42H,4-8,10-11,14,17H2,1-3H3. The van der Waals surface area contributed by atoms with Crippen molar-refractivity contribution < 1.29 is 13.2 Å². The Morgan fingerprint density at radius 2 is 1.70 bits per heavy atom. The van der Waals surface area contributed by atoms with E-state index >= 15 is 0 Å². The molecule has 1 atom stereocenters. The smallest absolute Gasteiger partial charge is 0.261 e. The van der Waals surface area contributed by atoms with Gasteiger partial charge in [-0.3, -0.25) is 4.72 Å². The largest absolute Gasteiger partial charge is 0.457 e. The molecule has 0 heterocycles. The summed E-state index contributed by atoms with van der Waals surface area (Å²) in [4.78, 5) is 0.129. The zero-order valence-corrected chi connectivity index (χ0v) is 27.9. The number of nitrogens with one attached hydrogen (secondary N) is 1. The SMILES string of the molecule is CCCCC1=CCCC(c2cc(Oc3ccc(S(=O)(=O)NC4=CCC(C)C=C4)cc3)cc(CCCC)cccc(C#N)c2C#N)=C1. The second-order valence-electron chi connectivity index (χ2n) is 11.8. The fraction of sp³-hybridized carbons (Fsp3) is 0.333. The first-order valence-corrected chi connectivity index (χ1v) is 17.7. The van der Waals surface area contributed by atoms with Crippen LogP contribution in [-0.2, 0) is 16.4 Å². The Bertz CT molecular complexity index is 1780. The quantitative estimate of drug-likeness (QED) is 0.251. The maximum absolute atomic E-state index is 13.1. The van der Waals surface area contributed by atoms with Gasteiger partial charge in [-0.25, -0.2) is 8.42 Å². The highest BCUT2D eigenvalue weighted by Crippen LogP contribution is 2.34. The van der Waals surface area contributed by atoms with E-state index < -0.39 is 10.0 Å². The van der Waals surface area contributed by atoms with Gasteiger partial charge in [0.2, 0.25) is 0 Å². The van der Waals surface area contributed by atoms with Gasteiger partial charge in [0.05, 0.1) is 16.0 Å². The molecule has 2 aliphatic carbocycles. The third-order valence-corrected chi connectivity index (χ3v) is 9.46. The zero-order valence-electron chi connectivity index (χ0n) is 27.1. The predicted octanol–water partition coefficient (Wildman–Crippen LogP) is 9.74. The average Bonchev–Trinajstić information content (AvgIpc) is 3.06. The Labute approximate surface area is 274 Å². The van der Waals surface area contributed by atoms with Crippen molar-refractivity contribution >= 4 is 15.6 Å². The first kappa shape index (κ1) is 34.3. The molecule has 0 fully saturated rings. The van der Waals surface area contributed by atoms with E-state index in [0.29, 0.717) is 39.8 Å². The molecule has 2 aliphatic rings. The molecule has 0 spiro atoms. The third-order valence-electron chi connectivity index (χ3n) is 8.06. The second-order valence-corrected chi connectivity index (χ2v) is 13.5. The molecular formula is C39H43N3O3S. The van der Waals surface area contributed by atoms with Crippen LogP contribution in [0.25, 0.3) is 5.57 Å². The Morgan fingerprint density at radius 3 is 2.37 bits per heavy atom. The lowest BCUT2D eigenvalue weighted by Gasteiger charge is -2.16. The summed E-state index contributed by atoms with van der Waals surface area (Å²) in [5.41, 5.74) is 5.08. The van der Waals surface area contributed by atoms with Crippen LogP contribution >= 0.6 is 0 Å². The molecule has 0 bridgehead atoms. The summed E-state index contributed by atoms with van der Waals surface area (Å²) in [5.74, 6) is 1.34. The average molecular weight is 634 g/mol. The van der Waals surface area contributed by atoms with Gasteiger partial charge in [0.25, 0.3) is 10.0 Å². The fourth-order valence-corrected chi connectivity index (χ4v) is 6.49. The van der Waals surface area contributed by atoms with E-state index in [1.165, 1.54) is 17.7 Å². The zero-order chi connectivity index (χ0) is 32.9. The normalized spacial score (nSPS) is 15.8. The molecule has 1 N–H and O–H groups in total. The Hall–Kier alpha value is -4.59. The highest BCUT2D eigenvalue weighted by Gasteiger charge is 2.18. The molecular weight excluding hydrogens is 591 g/mol. The first-order chi connectivity index (χ1) is 22.3. The molecule has 0 saturated carbocycles. The molecule has 2 aromatic carbocycles. The minimum atomic E-state index is -3.77. The maximum atomic E-state index is 13.1. The van der Waals surface area contributed by atoms with E-state index in [9.17, 15) is 18.9 Å². The lowest BCUT2D eigenvalue weighted by atomic mass is 9.89. The van der Waals surface area contributed by atoms with E-state index in [4.69, 9.17) is 4.74 Å². The topological polar surface area (TPSA) is 103 Å². The van der Waals surface area contributed by atoms with Crippen LogP contribution < -0.4 is 9.46 Å². The molecule has 7 heteroatoms. The van der Waals surface area contributed by atoms with Gasteiger partial charge in [-0.15, -0.1) is 0 Å². The van der Waals surface area contributed by atoms with Gasteiger partial charge in [-0.2, -0.15) is 10.5 Å². The van der Waals surface area contributed by atoms with E-state index in [2.05, 4.69) is 49.8 Å². The van der Waals surface area contributed by atoms with Crippen LogP contribution in [0.1, 0.15) is 94.4 Å². The number of allylic oxidation sites excluding steroid dienone is 7. The maximum Gasteiger partial charge on any atom is 0.261 e. The summed E-state index contributed by atoms with van der Waals surface area (Å²) < 4.78 is 35.3. The van der Waals surface area contributed by atoms with Gasteiger partial charge in [0.1, 0.15) is 23.6 Å². The van der Waals surface area contributed by atoms with Crippen molar-refractivity contribution in [3.8, 4) is 23.6 Å². The Kier molecular flexibility index (Phi) is 12.4. The highest BCUT2D eigenvalue weighted by molar-refractivity contribution is 7.89. The number of ether oxygens (including phenoxy) is 1. The molecule has 2 aromatic rings. The number of nitrogens with zero attached hydrogens (tertiary/aromatic N) is 2. The van der Waals surface area contributed by atoms with Crippen LogP contribution in [0.15, 0.2) is 101 Å². The van der Waals surface area contributed by atoms with Crippen molar-refractivity contribution in [2.24, 2.45) is 5.92 Å². The molecule has 46 heavy (non-hydrogen) atoms. The molecule has 0 saturated heterocycles. The van der Waals surface area contributed by atoms with Crippen LogP contribution in [0.2, 0.25) is 0 Å². The van der Waals surface area contributed by atoms with Crippen molar-refractivity contribution in [1.29, 1.82) is 10.5 Å². The van der Waals surface area contributed by atoms with Gasteiger partial charge in [0.15, 0.2) is 0 Å². The Balaban J connectivity index is 1.79. The number of sulfonamides is 1. The lowest BCUT2D eigenvalue weighted by Crippen LogP contribution is -2.23. The van der Waals surface area contributed by atoms with E-state index in [0.717, 1.165) is 68.9 Å². The molecule has 6 nitrogen and oxygen atoms in total. The van der Waals surface area contributed by atoms with Gasteiger partial charge >= 0.3 is 0 Å². The summed E-state index contributed by atoms with van der Waals surface area (Å²) in [5, 5.41) is 20.4. The van der Waals surface area contributed by atoms with Crippen molar-refractivity contribution in [1.82, 2.24) is 4.72 Å². The second kappa shape index (κ2) is 16.6. The van der Waals surface area contributed by atoms with Crippen LogP contribution in [0.3, 0.4) is 0 Å². The van der Waals surface area contributed by atoms with Crippen molar-refractivity contribution in [3.05, 3.63) is 119 Å². The van der Waals surface area contributed by atoms with Gasteiger partial charge in [-0.1, -0.05) is 75.6 Å². The van der Waals surface area contributed by atoms with Crippen LogP contribution in [0, 0.1) is 28.6 Å². The predicted molar refractivity (Wildman–Crippen MR) is 185 cm³/mol. The summed E-state index contributed by atoms with van der Waals surface area (Å²) in [7, 11) is -3.77. The third kappa shape index (κ3) is 9.46.